The van der Waals surface area contributed by atoms with E-state index in [1.807, 2.05) is 84.9 Å². The Labute approximate surface area is 137 Å². The first-order valence-electron chi connectivity index (χ1n) is 6.90. The summed E-state index contributed by atoms with van der Waals surface area (Å²) in [6.07, 6.45) is 0. The van der Waals surface area contributed by atoms with Crippen LogP contribution in [0.25, 0.3) is 0 Å². The predicted octanol–water partition coefficient (Wildman–Crippen LogP) is 3.36. The van der Waals surface area contributed by atoms with Crippen molar-refractivity contribution in [2.24, 2.45) is 0 Å². The summed E-state index contributed by atoms with van der Waals surface area (Å²) in [7, 11) is -2.04. The third-order valence-electron chi connectivity index (χ3n) is 3.56. The topological polar surface area (TPSA) is 17.1 Å². The molecule has 1 nitrogen and oxygen atoms in total. The van der Waals surface area contributed by atoms with Crippen molar-refractivity contribution in [3.05, 3.63) is 84.9 Å². The minimum absolute atomic E-state index is 0.805. The van der Waals surface area contributed by atoms with Crippen LogP contribution in [0.2, 0.25) is 0 Å². The molecule has 0 unspecified atom stereocenters. The van der Waals surface area contributed by atoms with Crippen molar-refractivity contribution >= 4 is 47.5 Å². The van der Waals surface area contributed by atoms with Crippen LogP contribution in [-0.4, -0.2) is 0 Å². The van der Waals surface area contributed by atoms with Gasteiger partial charge < -0.3 is 4.57 Å². The second kappa shape index (κ2) is 6.67. The highest BCUT2D eigenvalue weighted by Gasteiger charge is 2.29. The van der Waals surface area contributed by atoms with Crippen LogP contribution in [0, 0.1) is 0 Å². The van der Waals surface area contributed by atoms with Crippen LogP contribution in [0.4, 0.5) is 0 Å². The fraction of sp³-hybridized carbons (Fsp3) is 0. The van der Waals surface area contributed by atoms with Crippen molar-refractivity contribution in [3.8, 4) is 0 Å². The van der Waals surface area contributed by atoms with E-state index in [2.05, 4.69) is 0 Å². The van der Waals surface area contributed by atoms with Crippen LogP contribution in [-0.2, 0) is 16.4 Å². The van der Waals surface area contributed by atoms with Gasteiger partial charge in [-0.05, 0) is 24.3 Å². The Kier molecular flexibility index (Phi) is 4.64. The van der Waals surface area contributed by atoms with E-state index in [0.29, 0.717) is 0 Å². The molecule has 0 radical (unpaired) electrons. The normalized spacial score (nSPS) is 11.5. The SMILES string of the molecule is O=P(c1ccccc1)(c1ccccc1)c1ccc(P=S)cc1. The summed E-state index contributed by atoms with van der Waals surface area (Å²) >= 11 is 5.05. The molecule has 3 aromatic rings. The van der Waals surface area contributed by atoms with Gasteiger partial charge in [0.25, 0.3) is 0 Å². The third kappa shape index (κ3) is 2.83. The number of hydrogen-bond acceptors (Lipinski definition) is 2. The monoisotopic (exact) mass is 340 g/mol. The summed E-state index contributed by atoms with van der Waals surface area (Å²) in [6, 6.07) is 27.2. The molecule has 0 amide bonds. The molecule has 3 aromatic carbocycles. The summed E-state index contributed by atoms with van der Waals surface area (Å²) < 4.78 is 14.0. The molecule has 22 heavy (non-hydrogen) atoms. The molecule has 0 heterocycles. The lowest BCUT2D eigenvalue weighted by molar-refractivity contribution is 0.592. The Morgan fingerprint density at radius 1 is 0.636 bits per heavy atom. The van der Waals surface area contributed by atoms with Crippen LogP contribution in [0.15, 0.2) is 84.9 Å². The second-order valence-corrected chi connectivity index (χ2v) is 8.90. The first-order valence-corrected chi connectivity index (χ1v) is 10.5. The van der Waals surface area contributed by atoms with E-state index in [1.54, 1.807) is 0 Å². The van der Waals surface area contributed by atoms with Crippen molar-refractivity contribution < 1.29 is 4.57 Å². The zero-order chi connectivity index (χ0) is 15.4. The molecule has 0 bridgehead atoms. The van der Waals surface area contributed by atoms with E-state index >= 15 is 0 Å². The van der Waals surface area contributed by atoms with Gasteiger partial charge in [-0.15, -0.1) is 0 Å². The molecule has 0 fully saturated rings. The molecule has 0 aliphatic rings. The molecule has 0 saturated carbocycles. The molecule has 4 heteroatoms. The largest absolute Gasteiger partial charge is 0.309 e. The van der Waals surface area contributed by atoms with Crippen LogP contribution < -0.4 is 21.2 Å². The lowest BCUT2D eigenvalue weighted by atomic mass is 10.3. The van der Waals surface area contributed by atoms with Crippen molar-refractivity contribution in [1.29, 1.82) is 0 Å². The van der Waals surface area contributed by atoms with Gasteiger partial charge in [-0.25, -0.2) is 0 Å². The second-order valence-electron chi connectivity index (χ2n) is 4.89. The van der Waals surface area contributed by atoms with Crippen molar-refractivity contribution in [2.75, 3.05) is 0 Å². The van der Waals surface area contributed by atoms with Crippen LogP contribution in [0.5, 0.6) is 0 Å². The fourth-order valence-corrected chi connectivity index (χ4v) is 5.73. The van der Waals surface area contributed by atoms with Gasteiger partial charge >= 0.3 is 0 Å². The van der Waals surface area contributed by atoms with Gasteiger partial charge in [-0.1, -0.05) is 72.5 Å². The van der Waals surface area contributed by atoms with E-state index in [4.69, 9.17) is 11.8 Å². The predicted molar refractivity (Wildman–Crippen MR) is 99.8 cm³/mol. The molecule has 0 saturated heterocycles. The molecule has 0 N–H and O–H groups in total. The van der Waals surface area contributed by atoms with Gasteiger partial charge in [0.15, 0.2) is 7.14 Å². The average molecular weight is 340 g/mol. The van der Waals surface area contributed by atoms with Crippen LogP contribution >= 0.6 is 14.5 Å². The van der Waals surface area contributed by atoms with E-state index < -0.39 is 7.14 Å². The Hall–Kier alpha value is -1.59. The molecule has 0 aromatic heterocycles. The highest BCUT2D eigenvalue weighted by Crippen LogP contribution is 2.41. The summed E-state index contributed by atoms with van der Waals surface area (Å²) in [4.78, 5) is 0. The Morgan fingerprint density at radius 3 is 1.45 bits per heavy atom. The van der Waals surface area contributed by atoms with Gasteiger partial charge in [-0.3, -0.25) is 0 Å². The molecular weight excluding hydrogens is 326 g/mol. The highest BCUT2D eigenvalue weighted by molar-refractivity contribution is 7.99. The average Bonchev–Trinajstić information content (AvgIpc) is 2.62. The summed E-state index contributed by atoms with van der Waals surface area (Å²) in [5.74, 6) is 0. The van der Waals surface area contributed by atoms with Crippen LogP contribution in [0.3, 0.4) is 0 Å². The van der Waals surface area contributed by atoms with E-state index in [-0.39, 0.29) is 0 Å². The molecule has 0 spiro atoms. The Balaban J connectivity index is 2.23. The number of hydrogen-bond donors (Lipinski definition) is 0. The molecule has 108 valence electrons. The first kappa shape index (κ1) is 15.3. The fourth-order valence-electron chi connectivity index (χ4n) is 2.45. The molecule has 0 aliphatic heterocycles. The minimum atomic E-state index is -2.84. The van der Waals surface area contributed by atoms with Gasteiger partial charge in [0.1, 0.15) is 0 Å². The molecule has 0 aliphatic carbocycles. The van der Waals surface area contributed by atoms with Crippen LogP contribution in [0.1, 0.15) is 0 Å². The first-order chi connectivity index (χ1) is 10.7. The summed E-state index contributed by atoms with van der Waals surface area (Å²) in [6.45, 7) is 0. The van der Waals surface area contributed by atoms with Crippen molar-refractivity contribution in [3.63, 3.8) is 0 Å². The van der Waals surface area contributed by atoms with Gasteiger partial charge in [0.2, 0.25) is 0 Å². The van der Waals surface area contributed by atoms with E-state index in [9.17, 15) is 4.57 Å². The smallest absolute Gasteiger partial charge is 0.171 e. The maximum atomic E-state index is 14.0. The zero-order valence-corrected chi connectivity index (χ0v) is 14.4. The van der Waals surface area contributed by atoms with Gasteiger partial charge in [-0.2, -0.15) is 0 Å². The summed E-state index contributed by atoms with van der Waals surface area (Å²) in [5, 5.41) is 3.59. The molecule has 3 rings (SSSR count). The molecular formula is C18H14OP2S. The van der Waals surface area contributed by atoms with E-state index in [0.717, 1.165) is 28.6 Å². The van der Waals surface area contributed by atoms with Gasteiger partial charge in [0.05, 0.1) is 0 Å². The lowest BCUT2D eigenvalue weighted by Crippen LogP contribution is -2.25. The Morgan fingerprint density at radius 2 is 1.05 bits per heavy atom. The highest BCUT2D eigenvalue weighted by atomic mass is 32.4. The van der Waals surface area contributed by atoms with E-state index in [1.165, 1.54) is 0 Å². The maximum Gasteiger partial charge on any atom is 0.171 e. The quantitative estimate of drug-likeness (QED) is 0.678. The maximum absolute atomic E-state index is 14.0. The molecule has 0 atom stereocenters. The lowest BCUT2D eigenvalue weighted by Gasteiger charge is -2.20. The number of benzene rings is 3. The zero-order valence-electron chi connectivity index (χ0n) is 11.8. The summed E-state index contributed by atoms with van der Waals surface area (Å²) in [5.41, 5.74) is 0. The van der Waals surface area contributed by atoms with Gasteiger partial charge in [0, 0.05) is 28.6 Å². The van der Waals surface area contributed by atoms with Crippen molar-refractivity contribution in [1.82, 2.24) is 0 Å². The standard InChI is InChI=1S/C18H14OP2S/c19-21(16-7-3-1-4-8-16,17-9-5-2-6-10-17)18-13-11-15(20-22)12-14-18/h1-14H. The van der Waals surface area contributed by atoms with Crippen molar-refractivity contribution in [2.45, 2.75) is 0 Å². The minimum Gasteiger partial charge on any atom is -0.309 e. The third-order valence-corrected chi connectivity index (χ3v) is 7.78. The Bertz CT molecular complexity index is 771. The number of rotatable bonds is 4.